The van der Waals surface area contributed by atoms with E-state index in [1.54, 1.807) is 30.5 Å². The molecule has 2 aromatic rings. The van der Waals surface area contributed by atoms with Crippen LogP contribution in [0.2, 0.25) is 0 Å². The number of aromatic nitrogens is 2. The number of carbonyl (C=O) groups excluding carboxylic acids is 1. The third-order valence-electron chi connectivity index (χ3n) is 4.51. The maximum Gasteiger partial charge on any atom is 0.253 e. The molecule has 126 valence electrons. The smallest absolute Gasteiger partial charge is 0.253 e. The zero-order valence-electron chi connectivity index (χ0n) is 14.3. The second-order valence-corrected chi connectivity index (χ2v) is 6.60. The second kappa shape index (κ2) is 7.53. The molecule has 1 aliphatic heterocycles. The van der Waals surface area contributed by atoms with Crippen molar-refractivity contribution in [3.8, 4) is 0 Å². The molecule has 0 radical (unpaired) electrons. The fourth-order valence-corrected chi connectivity index (χ4v) is 3.20. The van der Waals surface area contributed by atoms with E-state index in [2.05, 4.69) is 34.3 Å². The zero-order chi connectivity index (χ0) is 16.9. The topological polar surface area (TPSA) is 58.1 Å². The number of carbonyl (C=O) groups is 1. The van der Waals surface area contributed by atoms with Crippen LogP contribution in [0.25, 0.3) is 0 Å². The van der Waals surface area contributed by atoms with Crippen LogP contribution in [0.3, 0.4) is 0 Å². The van der Waals surface area contributed by atoms with Gasteiger partial charge in [0.15, 0.2) is 0 Å². The number of hydrogen-bond donors (Lipinski definition) is 1. The molecular formula is C19H24N4O. The minimum absolute atomic E-state index is 0.000170. The van der Waals surface area contributed by atoms with Gasteiger partial charge in [-0.05, 0) is 43.9 Å². The van der Waals surface area contributed by atoms with Crippen molar-refractivity contribution in [3.63, 3.8) is 0 Å². The molecule has 5 nitrogen and oxygen atoms in total. The maximum absolute atomic E-state index is 12.5. The summed E-state index contributed by atoms with van der Waals surface area (Å²) in [6.45, 7) is 2.69. The molecule has 1 fully saturated rings. The first-order valence-corrected chi connectivity index (χ1v) is 8.47. The normalized spacial score (nSPS) is 20.1. The van der Waals surface area contributed by atoms with Gasteiger partial charge in [-0.1, -0.05) is 12.1 Å². The predicted molar refractivity (Wildman–Crippen MR) is 93.6 cm³/mol. The van der Waals surface area contributed by atoms with Gasteiger partial charge in [0.2, 0.25) is 0 Å². The summed E-state index contributed by atoms with van der Waals surface area (Å²) < 4.78 is 0. The Bertz CT molecular complexity index is 672. The van der Waals surface area contributed by atoms with Gasteiger partial charge < -0.3 is 10.2 Å². The quantitative estimate of drug-likeness (QED) is 0.918. The van der Waals surface area contributed by atoms with Gasteiger partial charge in [0, 0.05) is 37.1 Å². The molecule has 1 saturated heterocycles. The van der Waals surface area contributed by atoms with Crippen molar-refractivity contribution in [3.05, 3.63) is 59.7 Å². The molecule has 24 heavy (non-hydrogen) atoms. The summed E-state index contributed by atoms with van der Waals surface area (Å²) in [4.78, 5) is 22.4. The van der Waals surface area contributed by atoms with Crippen molar-refractivity contribution < 1.29 is 4.79 Å². The molecule has 2 atom stereocenters. The van der Waals surface area contributed by atoms with E-state index in [0.717, 1.165) is 12.1 Å². The van der Waals surface area contributed by atoms with Crippen molar-refractivity contribution >= 4 is 5.91 Å². The Morgan fingerprint density at radius 1 is 1.25 bits per heavy atom. The first-order valence-electron chi connectivity index (χ1n) is 8.47. The van der Waals surface area contributed by atoms with Crippen LogP contribution in [0.15, 0.2) is 42.9 Å². The molecule has 0 bridgehead atoms. The number of nitrogens with one attached hydrogen (secondary N) is 1. The molecule has 2 unspecified atom stereocenters. The number of hydrogen-bond acceptors (Lipinski definition) is 4. The summed E-state index contributed by atoms with van der Waals surface area (Å²) in [6, 6.07) is 9.14. The van der Waals surface area contributed by atoms with E-state index in [1.165, 1.54) is 18.4 Å². The van der Waals surface area contributed by atoms with Crippen molar-refractivity contribution in [2.75, 3.05) is 7.05 Å². The van der Waals surface area contributed by atoms with Gasteiger partial charge in [-0.15, -0.1) is 0 Å². The molecule has 5 heteroatoms. The van der Waals surface area contributed by atoms with E-state index in [-0.39, 0.29) is 5.91 Å². The Morgan fingerprint density at radius 3 is 2.67 bits per heavy atom. The van der Waals surface area contributed by atoms with E-state index in [1.807, 2.05) is 12.1 Å². The van der Waals surface area contributed by atoms with Gasteiger partial charge in [-0.3, -0.25) is 14.8 Å². The Kier molecular flexibility index (Phi) is 5.20. The minimum Gasteiger partial charge on any atom is -0.336 e. The van der Waals surface area contributed by atoms with E-state index in [4.69, 9.17) is 0 Å². The fraction of sp³-hybridized carbons (Fsp3) is 0.421. The van der Waals surface area contributed by atoms with Crippen LogP contribution in [-0.4, -0.2) is 39.9 Å². The zero-order valence-corrected chi connectivity index (χ0v) is 14.3. The van der Waals surface area contributed by atoms with Gasteiger partial charge in [-0.25, -0.2) is 0 Å². The van der Waals surface area contributed by atoms with Crippen LogP contribution in [0.5, 0.6) is 0 Å². The Labute approximate surface area is 143 Å². The van der Waals surface area contributed by atoms with Crippen molar-refractivity contribution in [2.45, 2.75) is 44.8 Å². The fourth-order valence-electron chi connectivity index (χ4n) is 3.20. The van der Waals surface area contributed by atoms with Crippen LogP contribution in [0.4, 0.5) is 0 Å². The predicted octanol–water partition coefficient (Wildman–Crippen LogP) is 2.43. The highest BCUT2D eigenvalue weighted by molar-refractivity contribution is 5.94. The molecule has 3 rings (SSSR count). The monoisotopic (exact) mass is 324 g/mol. The molecule has 0 spiro atoms. The van der Waals surface area contributed by atoms with E-state index in [0.29, 0.717) is 24.2 Å². The van der Waals surface area contributed by atoms with E-state index in [9.17, 15) is 4.79 Å². The highest BCUT2D eigenvalue weighted by Gasteiger charge is 2.20. The lowest BCUT2D eigenvalue weighted by Gasteiger charge is -2.17. The maximum atomic E-state index is 12.5. The van der Waals surface area contributed by atoms with Crippen molar-refractivity contribution in [1.29, 1.82) is 0 Å². The van der Waals surface area contributed by atoms with Crippen LogP contribution in [0.1, 0.15) is 41.4 Å². The Morgan fingerprint density at radius 2 is 2.04 bits per heavy atom. The highest BCUT2D eigenvalue weighted by atomic mass is 16.2. The van der Waals surface area contributed by atoms with Crippen LogP contribution >= 0.6 is 0 Å². The van der Waals surface area contributed by atoms with Crippen LogP contribution in [-0.2, 0) is 13.0 Å². The first kappa shape index (κ1) is 16.6. The van der Waals surface area contributed by atoms with Gasteiger partial charge in [0.1, 0.15) is 0 Å². The molecule has 1 N–H and O–H groups in total. The first-order chi connectivity index (χ1) is 11.6. The third kappa shape index (κ3) is 4.17. The standard InChI is InChI=1S/C19H24N4O/c1-14-3-8-17(22-14)11-15-4-6-16(7-5-15)19(24)23(2)13-18-12-20-9-10-21-18/h4-7,9-10,12,14,17,22H,3,8,11,13H2,1-2H3. The lowest BCUT2D eigenvalue weighted by atomic mass is 10.0. The Hall–Kier alpha value is -2.27. The molecule has 1 aromatic carbocycles. The van der Waals surface area contributed by atoms with Crippen molar-refractivity contribution in [1.82, 2.24) is 20.2 Å². The number of rotatable bonds is 5. The lowest BCUT2D eigenvalue weighted by Crippen LogP contribution is -2.29. The minimum atomic E-state index is -0.000170. The second-order valence-electron chi connectivity index (χ2n) is 6.60. The molecule has 1 aliphatic rings. The van der Waals surface area contributed by atoms with Gasteiger partial charge in [-0.2, -0.15) is 0 Å². The molecule has 1 aromatic heterocycles. The molecule has 1 amide bonds. The number of amides is 1. The summed E-state index contributed by atoms with van der Waals surface area (Å²) in [5, 5.41) is 3.60. The molecule has 0 saturated carbocycles. The van der Waals surface area contributed by atoms with Crippen molar-refractivity contribution in [2.24, 2.45) is 0 Å². The third-order valence-corrected chi connectivity index (χ3v) is 4.51. The lowest BCUT2D eigenvalue weighted by molar-refractivity contribution is 0.0783. The van der Waals surface area contributed by atoms with E-state index >= 15 is 0 Å². The average molecular weight is 324 g/mol. The SMILES string of the molecule is CC1CCC(Cc2ccc(C(=O)N(C)Cc3cnccn3)cc2)N1. The summed E-state index contributed by atoms with van der Waals surface area (Å²) in [7, 11) is 1.79. The van der Waals surface area contributed by atoms with Crippen LogP contribution in [0, 0.1) is 0 Å². The molecular weight excluding hydrogens is 300 g/mol. The van der Waals surface area contributed by atoms with Gasteiger partial charge in [0.25, 0.3) is 5.91 Å². The summed E-state index contributed by atoms with van der Waals surface area (Å²) in [5.41, 5.74) is 2.76. The summed E-state index contributed by atoms with van der Waals surface area (Å²) in [6.07, 6.45) is 8.44. The van der Waals surface area contributed by atoms with Crippen LogP contribution < -0.4 is 5.32 Å². The highest BCUT2D eigenvalue weighted by Crippen LogP contribution is 2.17. The van der Waals surface area contributed by atoms with Gasteiger partial charge >= 0.3 is 0 Å². The average Bonchev–Trinajstić information content (AvgIpc) is 3.00. The number of benzene rings is 1. The van der Waals surface area contributed by atoms with E-state index < -0.39 is 0 Å². The summed E-state index contributed by atoms with van der Waals surface area (Å²) >= 11 is 0. The number of nitrogens with zero attached hydrogens (tertiary/aromatic N) is 3. The molecule has 0 aliphatic carbocycles. The summed E-state index contributed by atoms with van der Waals surface area (Å²) in [5.74, 6) is -0.000170. The molecule has 2 heterocycles. The Balaban J connectivity index is 1.59. The van der Waals surface area contributed by atoms with Gasteiger partial charge in [0.05, 0.1) is 18.4 Å². The largest absolute Gasteiger partial charge is 0.336 e.